The van der Waals surface area contributed by atoms with Gasteiger partial charge in [-0.05, 0) is 19.9 Å². The van der Waals surface area contributed by atoms with Crippen molar-refractivity contribution in [2.24, 2.45) is 5.73 Å². The van der Waals surface area contributed by atoms with Gasteiger partial charge in [-0.1, -0.05) is 6.07 Å². The van der Waals surface area contributed by atoms with E-state index < -0.39 is 0 Å². The van der Waals surface area contributed by atoms with Crippen LogP contribution in [0.3, 0.4) is 0 Å². The number of aromatic nitrogens is 1. The van der Waals surface area contributed by atoms with Crippen molar-refractivity contribution in [2.45, 2.75) is 25.9 Å². The summed E-state index contributed by atoms with van der Waals surface area (Å²) in [7, 11) is 1.60. The van der Waals surface area contributed by atoms with Crippen molar-refractivity contribution < 1.29 is 4.74 Å². The summed E-state index contributed by atoms with van der Waals surface area (Å²) in [6.45, 7) is 3.98. The molecule has 4 heteroatoms. The summed E-state index contributed by atoms with van der Waals surface area (Å²) in [4.78, 5) is 4.22. The van der Waals surface area contributed by atoms with Crippen LogP contribution in [0.25, 0.3) is 0 Å². The van der Waals surface area contributed by atoms with Gasteiger partial charge in [0.25, 0.3) is 0 Å². The number of nitrogens with one attached hydrogen (secondary N) is 1. The van der Waals surface area contributed by atoms with Crippen LogP contribution >= 0.6 is 0 Å². The lowest BCUT2D eigenvalue weighted by Crippen LogP contribution is -2.35. The second-order valence-electron chi connectivity index (χ2n) is 3.36. The molecule has 2 atom stereocenters. The fourth-order valence-corrected chi connectivity index (χ4v) is 0.974. The van der Waals surface area contributed by atoms with Crippen molar-refractivity contribution >= 4 is 5.82 Å². The molecule has 1 heterocycles. The zero-order valence-corrected chi connectivity index (χ0v) is 8.82. The molecule has 78 valence electrons. The Morgan fingerprint density at radius 2 is 2.14 bits per heavy atom. The van der Waals surface area contributed by atoms with Crippen molar-refractivity contribution in [2.75, 3.05) is 12.4 Å². The number of pyridine rings is 1. The summed E-state index contributed by atoms with van der Waals surface area (Å²) in [5, 5.41) is 3.20. The third-order valence-electron chi connectivity index (χ3n) is 2.10. The summed E-state index contributed by atoms with van der Waals surface area (Å²) in [5.74, 6) is 1.39. The molecular weight excluding hydrogens is 178 g/mol. The Labute approximate surface area is 84.5 Å². The van der Waals surface area contributed by atoms with E-state index in [4.69, 9.17) is 10.5 Å². The Hall–Kier alpha value is -1.29. The van der Waals surface area contributed by atoms with Gasteiger partial charge < -0.3 is 15.8 Å². The molecule has 0 saturated carbocycles. The SMILES string of the molecule is COc1cccc(NC(C)C(C)N)n1. The lowest BCUT2D eigenvalue weighted by Gasteiger charge is -2.18. The predicted molar refractivity (Wildman–Crippen MR) is 57.5 cm³/mol. The lowest BCUT2D eigenvalue weighted by molar-refractivity contribution is 0.398. The molecule has 2 unspecified atom stereocenters. The van der Waals surface area contributed by atoms with E-state index >= 15 is 0 Å². The van der Waals surface area contributed by atoms with Crippen LogP contribution < -0.4 is 15.8 Å². The van der Waals surface area contributed by atoms with Crippen LogP contribution in [-0.2, 0) is 0 Å². The van der Waals surface area contributed by atoms with Gasteiger partial charge in [-0.3, -0.25) is 0 Å². The summed E-state index contributed by atoms with van der Waals surface area (Å²) < 4.78 is 5.01. The zero-order valence-electron chi connectivity index (χ0n) is 8.82. The average Bonchev–Trinajstić information content (AvgIpc) is 2.18. The standard InChI is InChI=1S/C10H17N3O/c1-7(11)8(2)12-9-5-4-6-10(13-9)14-3/h4-8H,11H2,1-3H3,(H,12,13). The topological polar surface area (TPSA) is 60.2 Å². The number of ether oxygens (including phenoxy) is 1. The van der Waals surface area contributed by atoms with Crippen molar-refractivity contribution in [1.29, 1.82) is 0 Å². The molecule has 0 aliphatic carbocycles. The van der Waals surface area contributed by atoms with Gasteiger partial charge in [0.2, 0.25) is 5.88 Å². The number of nitrogens with zero attached hydrogens (tertiary/aromatic N) is 1. The Balaban J connectivity index is 2.66. The number of methoxy groups -OCH3 is 1. The van der Waals surface area contributed by atoms with Gasteiger partial charge in [-0.25, -0.2) is 0 Å². The van der Waals surface area contributed by atoms with Crippen LogP contribution in [0.5, 0.6) is 5.88 Å². The van der Waals surface area contributed by atoms with Crippen LogP contribution in [0.1, 0.15) is 13.8 Å². The first-order chi connectivity index (χ1) is 6.63. The third-order valence-corrected chi connectivity index (χ3v) is 2.10. The zero-order chi connectivity index (χ0) is 10.6. The molecule has 14 heavy (non-hydrogen) atoms. The highest BCUT2D eigenvalue weighted by atomic mass is 16.5. The Morgan fingerprint density at radius 3 is 2.71 bits per heavy atom. The fourth-order valence-electron chi connectivity index (χ4n) is 0.974. The average molecular weight is 195 g/mol. The molecule has 1 aromatic rings. The Morgan fingerprint density at radius 1 is 1.43 bits per heavy atom. The highest BCUT2D eigenvalue weighted by Gasteiger charge is 2.07. The van der Waals surface area contributed by atoms with Crippen molar-refractivity contribution in [1.82, 2.24) is 4.98 Å². The van der Waals surface area contributed by atoms with Crippen molar-refractivity contribution in [3.05, 3.63) is 18.2 Å². The van der Waals surface area contributed by atoms with E-state index in [1.54, 1.807) is 7.11 Å². The molecule has 1 aromatic heterocycles. The Bertz CT molecular complexity index is 288. The van der Waals surface area contributed by atoms with Gasteiger partial charge in [0.1, 0.15) is 5.82 Å². The van der Waals surface area contributed by atoms with E-state index in [0.717, 1.165) is 5.82 Å². The van der Waals surface area contributed by atoms with E-state index in [1.165, 1.54) is 0 Å². The third kappa shape index (κ3) is 2.88. The second kappa shape index (κ2) is 4.81. The number of hydrogen-bond acceptors (Lipinski definition) is 4. The summed E-state index contributed by atoms with van der Waals surface area (Å²) in [6.07, 6.45) is 0. The summed E-state index contributed by atoms with van der Waals surface area (Å²) in [5.41, 5.74) is 5.73. The van der Waals surface area contributed by atoms with Gasteiger partial charge in [-0.2, -0.15) is 4.98 Å². The monoisotopic (exact) mass is 195 g/mol. The molecule has 0 bridgehead atoms. The number of hydrogen-bond donors (Lipinski definition) is 2. The van der Waals surface area contributed by atoms with Gasteiger partial charge in [-0.15, -0.1) is 0 Å². The van der Waals surface area contributed by atoms with E-state index in [0.29, 0.717) is 5.88 Å². The molecule has 0 saturated heterocycles. The highest BCUT2D eigenvalue weighted by molar-refractivity contribution is 5.38. The van der Waals surface area contributed by atoms with Gasteiger partial charge >= 0.3 is 0 Å². The highest BCUT2D eigenvalue weighted by Crippen LogP contribution is 2.11. The molecule has 0 aliphatic rings. The minimum atomic E-state index is 0.0861. The summed E-state index contributed by atoms with van der Waals surface area (Å²) >= 11 is 0. The minimum absolute atomic E-state index is 0.0861. The van der Waals surface area contributed by atoms with Gasteiger partial charge in [0.05, 0.1) is 7.11 Å². The maximum atomic E-state index is 5.73. The summed E-state index contributed by atoms with van der Waals surface area (Å²) in [6, 6.07) is 5.86. The fraction of sp³-hybridized carbons (Fsp3) is 0.500. The van der Waals surface area contributed by atoms with Gasteiger partial charge in [0.15, 0.2) is 0 Å². The maximum Gasteiger partial charge on any atom is 0.214 e. The van der Waals surface area contributed by atoms with Crippen LogP contribution in [0.2, 0.25) is 0 Å². The van der Waals surface area contributed by atoms with E-state index in [9.17, 15) is 0 Å². The molecule has 0 aromatic carbocycles. The predicted octanol–water partition coefficient (Wildman–Crippen LogP) is 1.24. The molecule has 1 rings (SSSR count). The quantitative estimate of drug-likeness (QED) is 0.758. The number of anilines is 1. The van der Waals surface area contributed by atoms with Crippen LogP contribution in [0, 0.1) is 0 Å². The van der Waals surface area contributed by atoms with Crippen molar-refractivity contribution in [3.63, 3.8) is 0 Å². The first kappa shape index (κ1) is 10.8. The molecule has 0 radical (unpaired) electrons. The van der Waals surface area contributed by atoms with Gasteiger partial charge in [0, 0.05) is 18.2 Å². The molecule has 0 spiro atoms. The maximum absolute atomic E-state index is 5.73. The first-order valence-corrected chi connectivity index (χ1v) is 4.66. The first-order valence-electron chi connectivity index (χ1n) is 4.66. The lowest BCUT2D eigenvalue weighted by atomic mass is 10.2. The van der Waals surface area contributed by atoms with E-state index in [-0.39, 0.29) is 12.1 Å². The molecule has 3 N–H and O–H groups in total. The minimum Gasteiger partial charge on any atom is -0.481 e. The number of rotatable bonds is 4. The van der Waals surface area contributed by atoms with Crippen LogP contribution in [0.15, 0.2) is 18.2 Å². The normalized spacial score (nSPS) is 14.6. The molecule has 0 amide bonds. The molecule has 0 aliphatic heterocycles. The molecule has 4 nitrogen and oxygen atoms in total. The molecular formula is C10H17N3O. The molecule has 0 fully saturated rings. The smallest absolute Gasteiger partial charge is 0.214 e. The second-order valence-corrected chi connectivity index (χ2v) is 3.36. The van der Waals surface area contributed by atoms with Crippen molar-refractivity contribution in [3.8, 4) is 5.88 Å². The van der Waals surface area contributed by atoms with Crippen LogP contribution in [0.4, 0.5) is 5.82 Å². The van der Waals surface area contributed by atoms with E-state index in [2.05, 4.69) is 10.3 Å². The van der Waals surface area contributed by atoms with Crippen LogP contribution in [-0.4, -0.2) is 24.2 Å². The largest absolute Gasteiger partial charge is 0.481 e. The Kier molecular flexibility index (Phi) is 3.71. The number of nitrogens with two attached hydrogens (primary N) is 1. The van der Waals surface area contributed by atoms with E-state index in [1.807, 2.05) is 32.0 Å².